The van der Waals surface area contributed by atoms with Crippen molar-refractivity contribution in [3.8, 4) is 0 Å². The highest BCUT2D eigenvalue weighted by molar-refractivity contribution is 6.30. The number of nitrogens with zero attached hydrogens (tertiary/aromatic N) is 1. The Labute approximate surface area is 190 Å². The quantitative estimate of drug-likeness (QED) is 0.666. The van der Waals surface area contributed by atoms with Crippen LogP contribution >= 0.6 is 11.6 Å². The van der Waals surface area contributed by atoms with Crippen molar-refractivity contribution in [3.05, 3.63) is 70.0 Å². The maximum atomic E-state index is 13.8. The van der Waals surface area contributed by atoms with E-state index >= 15 is 0 Å². The topological polar surface area (TPSA) is 86.7 Å². The van der Waals surface area contributed by atoms with Gasteiger partial charge in [-0.3, -0.25) is 19.8 Å². The Balaban J connectivity index is 1.56. The molecule has 2 aromatic rings. The number of imide groups is 1. The van der Waals surface area contributed by atoms with E-state index in [0.29, 0.717) is 44.5 Å². The van der Waals surface area contributed by atoms with E-state index in [9.17, 15) is 23.9 Å². The largest absolute Gasteiger partial charge is 0.478 e. The fourth-order valence-corrected chi connectivity index (χ4v) is 5.15. The molecule has 32 heavy (non-hydrogen) atoms. The highest BCUT2D eigenvalue weighted by Crippen LogP contribution is 2.44. The molecule has 168 valence electrons. The van der Waals surface area contributed by atoms with Gasteiger partial charge in [-0.05, 0) is 73.7 Å². The third-order valence-corrected chi connectivity index (χ3v) is 7.01. The molecule has 2 heterocycles. The number of carboxylic acids is 1. The van der Waals surface area contributed by atoms with Gasteiger partial charge in [-0.1, -0.05) is 29.8 Å². The van der Waals surface area contributed by atoms with Crippen molar-refractivity contribution in [2.24, 2.45) is 5.92 Å². The normalized spacial score (nSPS) is 22.6. The zero-order chi connectivity index (χ0) is 22.9. The number of nitrogens with one attached hydrogen (secondary N) is 1. The Kier molecular flexibility index (Phi) is 6.31. The molecule has 8 heteroatoms. The molecule has 0 saturated carbocycles. The Morgan fingerprint density at radius 3 is 2.59 bits per heavy atom. The van der Waals surface area contributed by atoms with Crippen molar-refractivity contribution in [2.75, 3.05) is 13.1 Å². The second-order valence-electron chi connectivity index (χ2n) is 8.53. The van der Waals surface area contributed by atoms with Crippen molar-refractivity contribution in [3.63, 3.8) is 0 Å². The predicted octanol–water partition coefficient (Wildman–Crippen LogP) is 3.76. The lowest BCUT2D eigenvalue weighted by molar-refractivity contribution is -0.140. The first kappa shape index (κ1) is 22.4. The van der Waals surface area contributed by atoms with Crippen molar-refractivity contribution in [1.29, 1.82) is 0 Å². The van der Waals surface area contributed by atoms with Crippen molar-refractivity contribution in [2.45, 2.75) is 37.6 Å². The summed E-state index contributed by atoms with van der Waals surface area (Å²) < 4.78 is 13.8. The number of benzene rings is 2. The smallest absolute Gasteiger partial charge is 0.335 e. The summed E-state index contributed by atoms with van der Waals surface area (Å²) in [6.07, 6.45) is 1.98. The molecule has 0 aliphatic carbocycles. The number of carboxylic acid groups (broad SMARTS) is 1. The molecule has 2 saturated heterocycles. The van der Waals surface area contributed by atoms with Crippen LogP contribution in [0.1, 0.15) is 47.2 Å². The number of carbonyl (C=O) groups excluding carboxylic acids is 2. The second-order valence-corrected chi connectivity index (χ2v) is 8.94. The Bertz CT molecular complexity index is 1070. The first-order valence-electron chi connectivity index (χ1n) is 10.6. The third kappa shape index (κ3) is 4.27. The molecule has 2 N–H and O–H groups in total. The number of hydrogen-bond donors (Lipinski definition) is 2. The van der Waals surface area contributed by atoms with Gasteiger partial charge in [-0.2, -0.15) is 0 Å². The Morgan fingerprint density at radius 2 is 1.94 bits per heavy atom. The molecule has 2 fully saturated rings. The van der Waals surface area contributed by atoms with Crippen LogP contribution in [0.3, 0.4) is 0 Å². The SMILES string of the molecule is O=C1CC[C@](c2cccc(C(=O)O)c2)(C2CCN(Cc3ccc(Cl)c(F)c3)CC2)C(=O)N1. The minimum absolute atomic E-state index is 0.0437. The minimum atomic E-state index is -1.06. The summed E-state index contributed by atoms with van der Waals surface area (Å²) in [6.45, 7) is 1.99. The van der Waals surface area contributed by atoms with Crippen molar-refractivity contribution in [1.82, 2.24) is 10.2 Å². The van der Waals surface area contributed by atoms with Crippen LogP contribution in [0.4, 0.5) is 4.39 Å². The van der Waals surface area contributed by atoms with Crippen LogP contribution in [0.25, 0.3) is 0 Å². The average molecular weight is 459 g/mol. The van der Waals surface area contributed by atoms with Gasteiger partial charge in [-0.15, -0.1) is 0 Å². The third-order valence-electron chi connectivity index (χ3n) is 6.70. The van der Waals surface area contributed by atoms with Crippen LogP contribution in [0, 0.1) is 11.7 Å². The second kappa shape index (κ2) is 9.00. The lowest BCUT2D eigenvalue weighted by Crippen LogP contribution is -2.57. The standard InChI is InChI=1S/C24H24ClFN2O4/c25-19-5-4-15(12-20(19)26)14-28-10-7-17(8-11-28)24(9-6-21(29)27-23(24)32)18-3-1-2-16(13-18)22(30)31/h1-5,12-13,17H,6-11,14H2,(H,30,31)(H,27,29,32)/t24-/m1/s1. The van der Waals surface area contributed by atoms with Gasteiger partial charge in [0.05, 0.1) is 16.0 Å². The molecule has 6 nitrogen and oxygen atoms in total. The van der Waals surface area contributed by atoms with Gasteiger partial charge < -0.3 is 5.11 Å². The van der Waals surface area contributed by atoms with E-state index in [0.717, 1.165) is 5.56 Å². The minimum Gasteiger partial charge on any atom is -0.478 e. The average Bonchev–Trinajstić information content (AvgIpc) is 2.77. The number of rotatable bonds is 5. The molecule has 2 amide bonds. The van der Waals surface area contributed by atoms with Crippen LogP contribution in [-0.4, -0.2) is 40.9 Å². The van der Waals surface area contributed by atoms with E-state index in [1.807, 2.05) is 0 Å². The number of aromatic carboxylic acids is 1. The first-order chi connectivity index (χ1) is 15.3. The molecular formula is C24H24ClFN2O4. The molecule has 2 aromatic carbocycles. The Morgan fingerprint density at radius 1 is 1.19 bits per heavy atom. The number of piperidine rings is 2. The van der Waals surface area contributed by atoms with E-state index in [-0.39, 0.29) is 34.7 Å². The summed E-state index contributed by atoms with van der Waals surface area (Å²) in [7, 11) is 0. The number of carbonyl (C=O) groups is 3. The molecule has 1 atom stereocenters. The van der Waals surface area contributed by atoms with Gasteiger partial charge in [0.1, 0.15) is 5.82 Å². The highest BCUT2D eigenvalue weighted by atomic mass is 35.5. The van der Waals surface area contributed by atoms with Crippen molar-refractivity contribution >= 4 is 29.4 Å². The Hall–Kier alpha value is -2.77. The van der Waals surface area contributed by atoms with Gasteiger partial charge in [0.15, 0.2) is 0 Å². The first-order valence-corrected chi connectivity index (χ1v) is 11.0. The maximum Gasteiger partial charge on any atom is 0.335 e. The lowest BCUT2D eigenvalue weighted by Gasteiger charge is -2.45. The molecule has 0 bridgehead atoms. The fraction of sp³-hybridized carbons (Fsp3) is 0.375. The van der Waals surface area contributed by atoms with Gasteiger partial charge >= 0.3 is 5.97 Å². The van der Waals surface area contributed by atoms with E-state index in [1.54, 1.807) is 30.3 Å². The summed E-state index contributed by atoms with van der Waals surface area (Å²) in [6, 6.07) is 11.3. The van der Waals surface area contributed by atoms with Crippen molar-refractivity contribution < 1.29 is 23.9 Å². The maximum absolute atomic E-state index is 13.8. The van der Waals surface area contributed by atoms with Crippen LogP contribution in [0.15, 0.2) is 42.5 Å². The van der Waals surface area contributed by atoms with E-state index in [2.05, 4.69) is 10.2 Å². The lowest BCUT2D eigenvalue weighted by atomic mass is 9.62. The van der Waals surface area contributed by atoms with E-state index in [4.69, 9.17) is 11.6 Å². The van der Waals surface area contributed by atoms with Gasteiger partial charge in [0, 0.05) is 13.0 Å². The summed E-state index contributed by atoms with van der Waals surface area (Å²) in [5.41, 5.74) is 0.641. The molecule has 0 aromatic heterocycles. The summed E-state index contributed by atoms with van der Waals surface area (Å²) in [5.74, 6) is -2.20. The highest BCUT2D eigenvalue weighted by Gasteiger charge is 2.50. The van der Waals surface area contributed by atoms with Gasteiger partial charge in [0.2, 0.25) is 11.8 Å². The molecule has 2 aliphatic heterocycles. The zero-order valence-electron chi connectivity index (χ0n) is 17.4. The number of likely N-dealkylation sites (tertiary alicyclic amines) is 1. The van der Waals surface area contributed by atoms with Gasteiger partial charge in [-0.25, -0.2) is 9.18 Å². The molecule has 0 spiro atoms. The molecule has 0 unspecified atom stereocenters. The summed E-state index contributed by atoms with van der Waals surface area (Å²) in [4.78, 5) is 38.8. The van der Waals surface area contributed by atoms with Gasteiger partial charge in [0.25, 0.3) is 0 Å². The summed E-state index contributed by atoms with van der Waals surface area (Å²) in [5, 5.41) is 12.0. The van der Waals surface area contributed by atoms with E-state index in [1.165, 1.54) is 12.1 Å². The molecule has 4 rings (SSSR count). The predicted molar refractivity (Wildman–Crippen MR) is 117 cm³/mol. The number of hydrogen-bond acceptors (Lipinski definition) is 4. The number of amides is 2. The van der Waals surface area contributed by atoms with E-state index < -0.39 is 17.2 Å². The fourth-order valence-electron chi connectivity index (χ4n) is 5.04. The molecular weight excluding hydrogens is 435 g/mol. The molecule has 2 aliphatic rings. The molecule has 0 radical (unpaired) electrons. The van der Waals surface area contributed by atoms with Crippen LogP contribution in [0.2, 0.25) is 5.02 Å². The van der Waals surface area contributed by atoms with Crippen LogP contribution < -0.4 is 5.32 Å². The monoisotopic (exact) mass is 458 g/mol. The zero-order valence-corrected chi connectivity index (χ0v) is 18.2. The summed E-state index contributed by atoms with van der Waals surface area (Å²) >= 11 is 5.77. The van der Waals surface area contributed by atoms with Crippen LogP contribution in [-0.2, 0) is 21.5 Å². The number of halogens is 2. The van der Waals surface area contributed by atoms with Crippen LogP contribution in [0.5, 0.6) is 0 Å².